The van der Waals surface area contributed by atoms with Crippen LogP contribution < -0.4 is 19.5 Å². The Bertz CT molecular complexity index is 791. The van der Waals surface area contributed by atoms with Crippen LogP contribution in [0.2, 0.25) is 0 Å². The quantitative estimate of drug-likeness (QED) is 0.899. The van der Waals surface area contributed by atoms with Crippen molar-refractivity contribution in [3.8, 4) is 17.2 Å². The molecule has 0 aliphatic carbocycles. The van der Waals surface area contributed by atoms with Crippen LogP contribution in [-0.4, -0.2) is 31.0 Å². The summed E-state index contributed by atoms with van der Waals surface area (Å²) in [7, 11) is 0. The number of rotatable bonds is 3. The van der Waals surface area contributed by atoms with Crippen molar-refractivity contribution in [1.29, 1.82) is 0 Å². The van der Waals surface area contributed by atoms with Gasteiger partial charge in [0.15, 0.2) is 11.5 Å². The molecule has 1 amide bonds. The van der Waals surface area contributed by atoms with Gasteiger partial charge in [0.1, 0.15) is 11.4 Å². The third-order valence-electron chi connectivity index (χ3n) is 4.34. The molecular formula is C18H17NO5. The van der Waals surface area contributed by atoms with Gasteiger partial charge < -0.3 is 24.6 Å². The van der Waals surface area contributed by atoms with Gasteiger partial charge in [-0.15, -0.1) is 0 Å². The monoisotopic (exact) mass is 327 g/mol. The molecule has 2 aliphatic rings. The van der Waals surface area contributed by atoms with Gasteiger partial charge >= 0.3 is 0 Å². The molecule has 2 aromatic rings. The van der Waals surface area contributed by atoms with Crippen LogP contribution >= 0.6 is 0 Å². The first-order valence-electron chi connectivity index (χ1n) is 7.78. The van der Waals surface area contributed by atoms with Crippen molar-refractivity contribution in [3.05, 3.63) is 53.6 Å². The minimum atomic E-state index is -1.14. The van der Waals surface area contributed by atoms with Crippen LogP contribution in [0.3, 0.4) is 0 Å². The number of fused-ring (bicyclic) bond motifs is 2. The topological polar surface area (TPSA) is 77.0 Å². The van der Waals surface area contributed by atoms with E-state index in [1.54, 1.807) is 18.2 Å². The number of ether oxygens (including phenoxy) is 3. The summed E-state index contributed by atoms with van der Waals surface area (Å²) in [6.07, 6.45) is 0.422. The van der Waals surface area contributed by atoms with Crippen molar-refractivity contribution in [1.82, 2.24) is 5.32 Å². The van der Waals surface area contributed by atoms with Crippen LogP contribution in [0, 0.1) is 0 Å². The van der Waals surface area contributed by atoms with Gasteiger partial charge in [-0.1, -0.05) is 18.2 Å². The summed E-state index contributed by atoms with van der Waals surface area (Å²) in [4.78, 5) is 12.4. The van der Waals surface area contributed by atoms with Crippen molar-refractivity contribution >= 4 is 5.91 Å². The average Bonchev–Trinajstić information content (AvgIpc) is 3.08. The second-order valence-corrected chi connectivity index (χ2v) is 5.88. The van der Waals surface area contributed by atoms with Crippen molar-refractivity contribution < 1.29 is 24.1 Å². The molecule has 0 saturated heterocycles. The Kier molecular flexibility index (Phi) is 3.54. The lowest BCUT2D eigenvalue weighted by Crippen LogP contribution is -2.43. The van der Waals surface area contributed by atoms with E-state index in [0.29, 0.717) is 41.4 Å². The van der Waals surface area contributed by atoms with E-state index in [1.807, 2.05) is 24.3 Å². The number of benzene rings is 2. The third kappa shape index (κ3) is 2.55. The van der Waals surface area contributed by atoms with Crippen LogP contribution in [0.5, 0.6) is 17.2 Å². The summed E-state index contributed by atoms with van der Waals surface area (Å²) in [5.74, 6) is 1.57. The maximum absolute atomic E-state index is 12.4. The standard InChI is InChI=1S/C18H17NO5/c20-17(12-5-6-15-16(9-12)24-11-23-15)19-10-18(21)7-8-22-14-4-2-1-3-13(14)18/h1-6,9,21H,7-8,10-11H2,(H,19,20)/t18-/m0/s1. The smallest absolute Gasteiger partial charge is 0.251 e. The second-order valence-electron chi connectivity index (χ2n) is 5.88. The zero-order valence-corrected chi connectivity index (χ0v) is 13.0. The van der Waals surface area contributed by atoms with E-state index >= 15 is 0 Å². The summed E-state index contributed by atoms with van der Waals surface area (Å²) in [5, 5.41) is 13.7. The Labute approximate surface area is 139 Å². The lowest BCUT2D eigenvalue weighted by atomic mass is 9.88. The van der Waals surface area contributed by atoms with Gasteiger partial charge in [0, 0.05) is 17.5 Å². The van der Waals surface area contributed by atoms with E-state index in [4.69, 9.17) is 14.2 Å². The highest BCUT2D eigenvalue weighted by Gasteiger charge is 2.35. The number of nitrogens with one attached hydrogen (secondary N) is 1. The van der Waals surface area contributed by atoms with E-state index < -0.39 is 5.60 Å². The van der Waals surface area contributed by atoms with E-state index in [2.05, 4.69) is 5.32 Å². The van der Waals surface area contributed by atoms with Gasteiger partial charge in [0.25, 0.3) is 5.91 Å². The Morgan fingerprint density at radius 3 is 2.83 bits per heavy atom. The first-order valence-corrected chi connectivity index (χ1v) is 7.78. The number of para-hydroxylation sites is 1. The van der Waals surface area contributed by atoms with Gasteiger partial charge in [-0.2, -0.15) is 0 Å². The predicted molar refractivity (Wildman–Crippen MR) is 85.3 cm³/mol. The van der Waals surface area contributed by atoms with Crippen molar-refractivity contribution in [2.24, 2.45) is 0 Å². The molecule has 2 aliphatic heterocycles. The van der Waals surface area contributed by atoms with E-state index in [1.165, 1.54) is 0 Å². The highest BCUT2D eigenvalue weighted by atomic mass is 16.7. The Hall–Kier alpha value is -2.73. The molecule has 2 heterocycles. The van der Waals surface area contributed by atoms with Gasteiger partial charge in [-0.05, 0) is 24.3 Å². The zero-order valence-electron chi connectivity index (χ0n) is 13.0. The molecule has 0 aromatic heterocycles. The molecule has 0 unspecified atom stereocenters. The minimum Gasteiger partial charge on any atom is -0.493 e. The fraction of sp³-hybridized carbons (Fsp3) is 0.278. The molecule has 0 bridgehead atoms. The van der Waals surface area contributed by atoms with Crippen LogP contribution in [0.1, 0.15) is 22.3 Å². The van der Waals surface area contributed by atoms with E-state index in [0.717, 1.165) is 0 Å². The lowest BCUT2D eigenvalue weighted by Gasteiger charge is -2.34. The first kappa shape index (κ1) is 14.8. The number of hydrogen-bond donors (Lipinski definition) is 2. The average molecular weight is 327 g/mol. The first-order chi connectivity index (χ1) is 11.7. The number of amides is 1. The molecule has 0 saturated carbocycles. The summed E-state index contributed by atoms with van der Waals surface area (Å²) < 4.78 is 16.1. The molecule has 0 fully saturated rings. The van der Waals surface area contributed by atoms with Crippen molar-refractivity contribution in [2.75, 3.05) is 19.9 Å². The molecule has 4 rings (SSSR count). The fourth-order valence-electron chi connectivity index (χ4n) is 2.99. The second kappa shape index (κ2) is 5.72. The molecule has 0 radical (unpaired) electrons. The summed E-state index contributed by atoms with van der Waals surface area (Å²) in [6, 6.07) is 12.4. The maximum atomic E-state index is 12.4. The van der Waals surface area contributed by atoms with Crippen molar-refractivity contribution in [3.63, 3.8) is 0 Å². The highest BCUT2D eigenvalue weighted by molar-refractivity contribution is 5.95. The van der Waals surface area contributed by atoms with Crippen LogP contribution in [0.4, 0.5) is 0 Å². The minimum absolute atomic E-state index is 0.112. The summed E-state index contributed by atoms with van der Waals surface area (Å²) in [6.45, 7) is 0.686. The molecule has 1 atom stereocenters. The Balaban J connectivity index is 1.50. The number of hydrogen-bond acceptors (Lipinski definition) is 5. The zero-order chi connectivity index (χ0) is 16.6. The molecule has 6 nitrogen and oxygen atoms in total. The number of carbonyl (C=O) groups excluding carboxylic acids is 1. The molecular weight excluding hydrogens is 310 g/mol. The molecule has 24 heavy (non-hydrogen) atoms. The van der Waals surface area contributed by atoms with Gasteiger partial charge in [-0.25, -0.2) is 0 Å². The summed E-state index contributed by atoms with van der Waals surface area (Å²) >= 11 is 0. The largest absolute Gasteiger partial charge is 0.493 e. The molecule has 2 N–H and O–H groups in total. The number of aliphatic hydroxyl groups is 1. The lowest BCUT2D eigenvalue weighted by molar-refractivity contribution is -0.00160. The molecule has 2 aromatic carbocycles. The normalized spacial score (nSPS) is 20.9. The fourth-order valence-corrected chi connectivity index (χ4v) is 2.99. The van der Waals surface area contributed by atoms with Crippen LogP contribution in [0.25, 0.3) is 0 Å². The molecule has 6 heteroatoms. The van der Waals surface area contributed by atoms with E-state index in [-0.39, 0.29) is 19.2 Å². The SMILES string of the molecule is O=C(NC[C@@]1(O)CCOc2ccccc21)c1ccc2c(c1)OCO2. The van der Waals surface area contributed by atoms with Gasteiger partial charge in [0.05, 0.1) is 13.2 Å². The van der Waals surface area contributed by atoms with Gasteiger partial charge in [-0.3, -0.25) is 4.79 Å². The van der Waals surface area contributed by atoms with E-state index in [9.17, 15) is 9.90 Å². The third-order valence-corrected chi connectivity index (χ3v) is 4.34. The van der Waals surface area contributed by atoms with Crippen molar-refractivity contribution in [2.45, 2.75) is 12.0 Å². The molecule has 124 valence electrons. The van der Waals surface area contributed by atoms with Gasteiger partial charge in [0.2, 0.25) is 6.79 Å². The Morgan fingerprint density at radius 1 is 1.08 bits per heavy atom. The predicted octanol–water partition coefficient (Wildman–Crippen LogP) is 1.82. The summed E-state index contributed by atoms with van der Waals surface area (Å²) in [5.41, 5.74) is 0.0198. The van der Waals surface area contributed by atoms with Crippen LogP contribution in [-0.2, 0) is 5.60 Å². The maximum Gasteiger partial charge on any atom is 0.251 e. The number of carbonyl (C=O) groups is 1. The molecule has 0 spiro atoms. The highest BCUT2D eigenvalue weighted by Crippen LogP contribution is 2.36. The Morgan fingerprint density at radius 2 is 1.92 bits per heavy atom. The van der Waals surface area contributed by atoms with Crippen LogP contribution in [0.15, 0.2) is 42.5 Å².